The van der Waals surface area contributed by atoms with Crippen LogP contribution in [0.5, 0.6) is 0 Å². The van der Waals surface area contributed by atoms with Gasteiger partial charge in [0.05, 0.1) is 23.2 Å². The highest BCUT2D eigenvalue weighted by Gasteiger charge is 2.33. The Hall–Kier alpha value is -1.59. The third kappa shape index (κ3) is 2.19. The van der Waals surface area contributed by atoms with E-state index in [4.69, 9.17) is 4.74 Å². The van der Waals surface area contributed by atoms with Crippen LogP contribution in [0.1, 0.15) is 12.8 Å². The van der Waals surface area contributed by atoms with Crippen LogP contribution < -0.4 is 5.32 Å². The van der Waals surface area contributed by atoms with Gasteiger partial charge < -0.3 is 19.7 Å². The monoisotopic (exact) mass is 261 g/mol. The summed E-state index contributed by atoms with van der Waals surface area (Å²) >= 11 is 0. The van der Waals surface area contributed by atoms with Crippen molar-refractivity contribution in [2.24, 2.45) is 7.05 Å². The van der Waals surface area contributed by atoms with E-state index in [0.717, 1.165) is 29.8 Å². The molecule has 2 aromatic rings. The van der Waals surface area contributed by atoms with E-state index in [0.29, 0.717) is 13.2 Å². The Bertz CT molecular complexity index is 573. The molecule has 5 heteroatoms. The van der Waals surface area contributed by atoms with Crippen molar-refractivity contribution in [2.75, 3.05) is 25.1 Å². The zero-order valence-electron chi connectivity index (χ0n) is 11.1. The predicted molar refractivity (Wildman–Crippen MR) is 74.2 cm³/mol. The van der Waals surface area contributed by atoms with Crippen molar-refractivity contribution >= 4 is 17.0 Å². The third-order valence-corrected chi connectivity index (χ3v) is 3.92. The SMILES string of the molecule is Cn1c(NC2(CO)CCOCC2)nc2ccccc21. The molecule has 0 amide bonds. The van der Waals surface area contributed by atoms with Crippen LogP contribution in [0.4, 0.5) is 5.95 Å². The van der Waals surface area contributed by atoms with Crippen molar-refractivity contribution in [1.82, 2.24) is 9.55 Å². The van der Waals surface area contributed by atoms with E-state index in [-0.39, 0.29) is 12.1 Å². The highest BCUT2D eigenvalue weighted by molar-refractivity contribution is 5.78. The molecule has 0 spiro atoms. The Labute approximate surface area is 112 Å². The molecule has 0 saturated carbocycles. The van der Waals surface area contributed by atoms with Gasteiger partial charge in [-0.15, -0.1) is 0 Å². The van der Waals surface area contributed by atoms with Gasteiger partial charge in [0, 0.05) is 20.3 Å². The maximum absolute atomic E-state index is 9.71. The molecule has 0 radical (unpaired) electrons. The molecule has 0 unspecified atom stereocenters. The highest BCUT2D eigenvalue weighted by atomic mass is 16.5. The number of hydrogen-bond acceptors (Lipinski definition) is 4. The standard InChI is InChI=1S/C14H19N3O2/c1-17-12-5-3-2-4-11(12)15-13(17)16-14(10-18)6-8-19-9-7-14/h2-5,18H,6-10H2,1H3,(H,15,16). The smallest absolute Gasteiger partial charge is 0.204 e. The Morgan fingerprint density at radius 2 is 2.11 bits per heavy atom. The summed E-state index contributed by atoms with van der Waals surface area (Å²) in [6, 6.07) is 8.03. The summed E-state index contributed by atoms with van der Waals surface area (Å²) in [5.41, 5.74) is 1.74. The number of rotatable bonds is 3. The summed E-state index contributed by atoms with van der Waals surface area (Å²) < 4.78 is 7.41. The number of aliphatic hydroxyl groups excluding tert-OH is 1. The number of imidazole rings is 1. The summed E-state index contributed by atoms with van der Waals surface area (Å²) in [6.45, 7) is 1.45. The van der Waals surface area contributed by atoms with Gasteiger partial charge in [0.1, 0.15) is 0 Å². The molecule has 1 aliphatic heterocycles. The maximum Gasteiger partial charge on any atom is 0.204 e. The number of anilines is 1. The molecule has 2 N–H and O–H groups in total. The molecule has 102 valence electrons. The molecular formula is C14H19N3O2. The van der Waals surface area contributed by atoms with Crippen molar-refractivity contribution in [3.8, 4) is 0 Å². The van der Waals surface area contributed by atoms with Crippen LogP contribution in [0, 0.1) is 0 Å². The Morgan fingerprint density at radius 3 is 2.79 bits per heavy atom. The number of benzene rings is 1. The number of aliphatic hydroxyl groups is 1. The van der Waals surface area contributed by atoms with Gasteiger partial charge >= 0.3 is 0 Å². The minimum absolute atomic E-state index is 0.0968. The first kappa shape index (κ1) is 12.4. The second kappa shape index (κ2) is 4.83. The quantitative estimate of drug-likeness (QED) is 0.879. The minimum atomic E-state index is -0.312. The number of para-hydroxylation sites is 2. The maximum atomic E-state index is 9.71. The number of nitrogens with one attached hydrogen (secondary N) is 1. The molecule has 1 aromatic heterocycles. The second-order valence-electron chi connectivity index (χ2n) is 5.16. The van der Waals surface area contributed by atoms with Crippen molar-refractivity contribution in [2.45, 2.75) is 18.4 Å². The van der Waals surface area contributed by atoms with Crippen molar-refractivity contribution in [1.29, 1.82) is 0 Å². The van der Waals surface area contributed by atoms with Gasteiger partial charge in [0.15, 0.2) is 0 Å². The zero-order chi connectivity index (χ0) is 13.3. The van der Waals surface area contributed by atoms with Crippen LogP contribution in [0.3, 0.4) is 0 Å². The van der Waals surface area contributed by atoms with Gasteiger partial charge in [-0.05, 0) is 25.0 Å². The largest absolute Gasteiger partial charge is 0.394 e. The van der Waals surface area contributed by atoms with E-state index in [1.54, 1.807) is 0 Å². The summed E-state index contributed by atoms with van der Waals surface area (Å²) in [6.07, 6.45) is 1.60. The van der Waals surface area contributed by atoms with Crippen LogP contribution in [-0.2, 0) is 11.8 Å². The second-order valence-corrected chi connectivity index (χ2v) is 5.16. The van der Waals surface area contributed by atoms with E-state index in [1.165, 1.54) is 0 Å². The first-order valence-corrected chi connectivity index (χ1v) is 6.62. The molecule has 5 nitrogen and oxygen atoms in total. The zero-order valence-corrected chi connectivity index (χ0v) is 11.1. The molecule has 1 saturated heterocycles. The lowest BCUT2D eigenvalue weighted by molar-refractivity contribution is 0.0376. The number of hydrogen-bond donors (Lipinski definition) is 2. The first-order valence-electron chi connectivity index (χ1n) is 6.62. The lowest BCUT2D eigenvalue weighted by atomic mass is 9.91. The average molecular weight is 261 g/mol. The fourth-order valence-electron chi connectivity index (χ4n) is 2.58. The van der Waals surface area contributed by atoms with Crippen LogP contribution >= 0.6 is 0 Å². The molecule has 1 fully saturated rings. The summed E-state index contributed by atoms with van der Waals surface area (Å²) in [5.74, 6) is 0.803. The van der Waals surface area contributed by atoms with E-state index in [2.05, 4.69) is 10.3 Å². The molecule has 3 rings (SSSR count). The van der Waals surface area contributed by atoms with Crippen LogP contribution in [0.25, 0.3) is 11.0 Å². The van der Waals surface area contributed by atoms with E-state index < -0.39 is 0 Å². The minimum Gasteiger partial charge on any atom is -0.394 e. The fourth-order valence-corrected chi connectivity index (χ4v) is 2.58. The third-order valence-electron chi connectivity index (χ3n) is 3.92. The van der Waals surface area contributed by atoms with Crippen molar-refractivity contribution in [3.05, 3.63) is 24.3 Å². The molecule has 1 aromatic carbocycles. The van der Waals surface area contributed by atoms with Gasteiger partial charge in [0.25, 0.3) is 0 Å². The Kier molecular flexibility index (Phi) is 3.16. The van der Waals surface area contributed by atoms with E-state index in [9.17, 15) is 5.11 Å². The van der Waals surface area contributed by atoms with E-state index in [1.807, 2.05) is 35.9 Å². The van der Waals surface area contributed by atoms with Crippen LogP contribution in [0.2, 0.25) is 0 Å². The Morgan fingerprint density at radius 1 is 1.37 bits per heavy atom. The van der Waals surface area contributed by atoms with Gasteiger partial charge in [0.2, 0.25) is 5.95 Å². The van der Waals surface area contributed by atoms with Crippen LogP contribution in [0.15, 0.2) is 24.3 Å². The fraction of sp³-hybridized carbons (Fsp3) is 0.500. The van der Waals surface area contributed by atoms with E-state index >= 15 is 0 Å². The predicted octanol–water partition coefficient (Wildman–Crippen LogP) is 1.53. The number of nitrogens with zero attached hydrogens (tertiary/aromatic N) is 2. The molecule has 0 bridgehead atoms. The van der Waals surface area contributed by atoms with Crippen molar-refractivity contribution < 1.29 is 9.84 Å². The Balaban J connectivity index is 1.93. The molecule has 1 aliphatic rings. The molecule has 0 aliphatic carbocycles. The van der Waals surface area contributed by atoms with Crippen molar-refractivity contribution in [3.63, 3.8) is 0 Å². The molecule has 0 atom stereocenters. The van der Waals surface area contributed by atoms with Crippen LogP contribution in [-0.4, -0.2) is 40.0 Å². The summed E-state index contributed by atoms with van der Waals surface area (Å²) in [7, 11) is 1.99. The van der Waals surface area contributed by atoms with Gasteiger partial charge in [-0.25, -0.2) is 4.98 Å². The summed E-state index contributed by atoms with van der Waals surface area (Å²) in [4.78, 5) is 4.60. The highest BCUT2D eigenvalue weighted by Crippen LogP contribution is 2.27. The lowest BCUT2D eigenvalue weighted by Gasteiger charge is -2.36. The van der Waals surface area contributed by atoms with Gasteiger partial charge in [-0.2, -0.15) is 0 Å². The number of fused-ring (bicyclic) bond motifs is 1. The lowest BCUT2D eigenvalue weighted by Crippen LogP contribution is -2.47. The molecule has 19 heavy (non-hydrogen) atoms. The topological polar surface area (TPSA) is 59.3 Å². The summed E-state index contributed by atoms with van der Waals surface area (Å²) in [5, 5.41) is 13.1. The van der Waals surface area contributed by atoms with Gasteiger partial charge in [-0.3, -0.25) is 0 Å². The number of aromatic nitrogens is 2. The number of aryl methyl sites for hydroxylation is 1. The van der Waals surface area contributed by atoms with Gasteiger partial charge in [-0.1, -0.05) is 12.1 Å². The first-order chi connectivity index (χ1) is 9.24. The molecule has 2 heterocycles. The molecular weight excluding hydrogens is 242 g/mol. The normalized spacial score (nSPS) is 18.6. The average Bonchev–Trinajstić information content (AvgIpc) is 2.77. The number of ether oxygens (including phenoxy) is 1.